The lowest BCUT2D eigenvalue weighted by Gasteiger charge is -2.32. The summed E-state index contributed by atoms with van der Waals surface area (Å²) < 4.78 is 5.50. The lowest BCUT2D eigenvalue weighted by molar-refractivity contribution is -0.937. The number of carbonyl (C=O) groups excluding carboxylic acids is 1. The van der Waals surface area contributed by atoms with Gasteiger partial charge in [0.2, 0.25) is 5.91 Å². The number of quaternary nitrogens is 1. The Kier molecular flexibility index (Phi) is 6.24. The lowest BCUT2D eigenvalue weighted by atomic mass is 9.95. The van der Waals surface area contributed by atoms with Gasteiger partial charge in [0.05, 0.1) is 19.8 Å². The molecule has 1 aliphatic heterocycles. The van der Waals surface area contributed by atoms with Gasteiger partial charge in [-0.05, 0) is 12.1 Å². The molecule has 0 bridgehead atoms. The van der Waals surface area contributed by atoms with Crippen molar-refractivity contribution in [2.24, 2.45) is 5.41 Å². The van der Waals surface area contributed by atoms with E-state index < -0.39 is 0 Å². The van der Waals surface area contributed by atoms with E-state index in [1.807, 2.05) is 34.9 Å². The van der Waals surface area contributed by atoms with Gasteiger partial charge in [0.15, 0.2) is 0 Å². The molecule has 1 aromatic carbocycles. The maximum absolute atomic E-state index is 12.3. The number of amides is 1. The molecule has 5 heteroatoms. The Morgan fingerprint density at radius 3 is 2.29 bits per heavy atom. The highest BCUT2D eigenvalue weighted by Gasteiger charge is 2.29. The maximum Gasteiger partial charge on any atom is 0.225 e. The summed E-state index contributed by atoms with van der Waals surface area (Å²) in [6.07, 6.45) is 0. The first-order valence-corrected chi connectivity index (χ1v) is 8.77. The number of hydrogen-bond donors (Lipinski definition) is 2. The molecule has 134 valence electrons. The average molecular weight is 334 g/mol. The van der Waals surface area contributed by atoms with Gasteiger partial charge in [-0.25, -0.2) is 0 Å². The molecule has 0 spiro atoms. The quantitative estimate of drug-likeness (QED) is 0.840. The molecule has 1 aliphatic rings. The normalized spacial score (nSPS) is 17.4. The van der Waals surface area contributed by atoms with Crippen molar-refractivity contribution in [1.29, 1.82) is 0 Å². The fourth-order valence-corrected chi connectivity index (χ4v) is 2.94. The highest BCUT2D eigenvalue weighted by molar-refractivity contribution is 5.81. The zero-order valence-corrected chi connectivity index (χ0v) is 15.7. The van der Waals surface area contributed by atoms with Gasteiger partial charge in [-0.3, -0.25) is 4.79 Å². The van der Waals surface area contributed by atoms with Gasteiger partial charge >= 0.3 is 0 Å². The van der Waals surface area contributed by atoms with Crippen LogP contribution in [0.2, 0.25) is 0 Å². The van der Waals surface area contributed by atoms with Crippen LogP contribution in [0.1, 0.15) is 32.4 Å². The molecular formula is C19H32N3O2+. The Labute approximate surface area is 146 Å². The molecular weight excluding hydrogens is 302 g/mol. The Balaban J connectivity index is 2.14. The van der Waals surface area contributed by atoms with Crippen molar-refractivity contribution in [1.82, 2.24) is 5.32 Å². The molecule has 0 radical (unpaired) electrons. The summed E-state index contributed by atoms with van der Waals surface area (Å²) in [5.41, 5.74) is 2.10. The fraction of sp³-hybridized carbons (Fsp3) is 0.632. The third kappa shape index (κ3) is 4.95. The largest absolute Gasteiger partial charge is 0.378 e. The van der Waals surface area contributed by atoms with Gasteiger partial charge in [0.1, 0.15) is 19.1 Å². The number of carbonyl (C=O) groups is 1. The molecule has 2 rings (SSSR count). The zero-order valence-electron chi connectivity index (χ0n) is 15.7. The minimum absolute atomic E-state index is 0.102. The van der Waals surface area contributed by atoms with Crippen LogP contribution in [0.15, 0.2) is 24.3 Å². The van der Waals surface area contributed by atoms with Crippen LogP contribution in [-0.2, 0) is 9.53 Å². The number of nitrogens with one attached hydrogen (secondary N) is 2. The van der Waals surface area contributed by atoms with Crippen molar-refractivity contribution < 1.29 is 14.4 Å². The minimum atomic E-state index is -0.361. The molecule has 1 amide bonds. The topological polar surface area (TPSA) is 46.0 Å². The first-order valence-electron chi connectivity index (χ1n) is 8.77. The first kappa shape index (κ1) is 18.7. The zero-order chi connectivity index (χ0) is 17.7. The summed E-state index contributed by atoms with van der Waals surface area (Å²) in [4.78, 5) is 15.9. The number of benzene rings is 1. The van der Waals surface area contributed by atoms with Gasteiger partial charge in [0.25, 0.3) is 0 Å². The van der Waals surface area contributed by atoms with Gasteiger partial charge in [-0.15, -0.1) is 0 Å². The Hall–Kier alpha value is -1.59. The van der Waals surface area contributed by atoms with Crippen LogP contribution in [0.5, 0.6) is 0 Å². The minimum Gasteiger partial charge on any atom is -0.378 e. The number of ether oxygens (including phenoxy) is 1. The Morgan fingerprint density at radius 1 is 1.21 bits per heavy atom. The molecule has 24 heavy (non-hydrogen) atoms. The van der Waals surface area contributed by atoms with Crippen LogP contribution in [0.25, 0.3) is 0 Å². The predicted octanol–water partition coefficient (Wildman–Crippen LogP) is 0.871. The van der Waals surface area contributed by atoms with Crippen LogP contribution in [0.3, 0.4) is 0 Å². The van der Waals surface area contributed by atoms with Crippen molar-refractivity contribution in [2.75, 3.05) is 51.8 Å². The summed E-state index contributed by atoms with van der Waals surface area (Å²) in [5.74, 6) is 0.102. The fourth-order valence-electron chi connectivity index (χ4n) is 2.94. The average Bonchev–Trinajstić information content (AvgIpc) is 2.55. The molecule has 1 saturated heterocycles. The molecule has 1 heterocycles. The second kappa shape index (κ2) is 7.99. The lowest BCUT2D eigenvalue weighted by Crippen LogP contribution is -3.15. The van der Waals surface area contributed by atoms with E-state index >= 15 is 0 Å². The number of nitrogens with zero attached hydrogens (tertiary/aromatic N) is 1. The molecule has 1 atom stereocenters. The third-order valence-electron chi connectivity index (χ3n) is 4.59. The van der Waals surface area contributed by atoms with E-state index in [4.69, 9.17) is 4.74 Å². The second-order valence-electron chi connectivity index (χ2n) is 7.77. The first-order chi connectivity index (χ1) is 11.3. The number of hydrogen-bond acceptors (Lipinski definition) is 3. The Bertz CT molecular complexity index is 529. The van der Waals surface area contributed by atoms with Crippen molar-refractivity contribution >= 4 is 11.6 Å². The van der Waals surface area contributed by atoms with Gasteiger partial charge in [-0.2, -0.15) is 0 Å². The standard InChI is InChI=1S/C19H31N3O2/c1-19(2,3)18(23)20-14-17(22-10-12-24-13-11-22)15-6-8-16(9-7-15)21(4)5/h6-9,17H,10-14H2,1-5H3,(H,20,23)/p+1/t17-/m0/s1. The van der Waals surface area contributed by atoms with Gasteiger partial charge in [-0.1, -0.05) is 32.9 Å². The van der Waals surface area contributed by atoms with Crippen LogP contribution in [0, 0.1) is 5.41 Å². The van der Waals surface area contributed by atoms with Crippen LogP contribution in [0.4, 0.5) is 5.69 Å². The van der Waals surface area contributed by atoms with E-state index in [1.165, 1.54) is 16.2 Å². The summed E-state index contributed by atoms with van der Waals surface area (Å²) >= 11 is 0. The maximum atomic E-state index is 12.3. The highest BCUT2D eigenvalue weighted by Crippen LogP contribution is 2.17. The van der Waals surface area contributed by atoms with E-state index in [0.717, 1.165) is 26.3 Å². The number of morpholine rings is 1. The van der Waals surface area contributed by atoms with Gasteiger partial charge in [0, 0.05) is 30.8 Å². The summed E-state index contributed by atoms with van der Waals surface area (Å²) in [6, 6.07) is 8.93. The Morgan fingerprint density at radius 2 is 1.79 bits per heavy atom. The molecule has 2 N–H and O–H groups in total. The van der Waals surface area contributed by atoms with E-state index in [9.17, 15) is 4.79 Å². The predicted molar refractivity (Wildman–Crippen MR) is 97.5 cm³/mol. The molecule has 0 aliphatic carbocycles. The smallest absolute Gasteiger partial charge is 0.225 e. The van der Waals surface area contributed by atoms with E-state index in [1.54, 1.807) is 0 Å². The molecule has 0 saturated carbocycles. The van der Waals surface area contributed by atoms with Crippen LogP contribution < -0.4 is 15.1 Å². The summed E-state index contributed by atoms with van der Waals surface area (Å²) in [7, 11) is 4.09. The van der Waals surface area contributed by atoms with Crippen LogP contribution in [-0.4, -0.2) is 52.9 Å². The molecule has 1 fully saturated rings. The van der Waals surface area contributed by atoms with E-state index in [2.05, 4.69) is 34.5 Å². The monoisotopic (exact) mass is 334 g/mol. The highest BCUT2D eigenvalue weighted by atomic mass is 16.5. The third-order valence-corrected chi connectivity index (χ3v) is 4.59. The van der Waals surface area contributed by atoms with Crippen molar-refractivity contribution in [2.45, 2.75) is 26.8 Å². The molecule has 0 unspecified atom stereocenters. The number of anilines is 1. The summed E-state index contributed by atoms with van der Waals surface area (Å²) in [6.45, 7) is 10.0. The number of rotatable bonds is 5. The SMILES string of the molecule is CN(C)c1ccc([C@H](CNC(=O)C(C)(C)C)[NH+]2CCOCC2)cc1. The second-order valence-corrected chi connectivity index (χ2v) is 7.77. The molecule has 0 aromatic heterocycles. The molecule has 5 nitrogen and oxygen atoms in total. The summed E-state index contributed by atoms with van der Waals surface area (Å²) in [5, 5.41) is 3.14. The van der Waals surface area contributed by atoms with Crippen molar-refractivity contribution in [3.05, 3.63) is 29.8 Å². The van der Waals surface area contributed by atoms with Gasteiger partial charge < -0.3 is 19.9 Å². The van der Waals surface area contributed by atoms with E-state index in [-0.39, 0.29) is 17.4 Å². The molecule has 1 aromatic rings. The van der Waals surface area contributed by atoms with Crippen molar-refractivity contribution in [3.8, 4) is 0 Å². The van der Waals surface area contributed by atoms with Crippen LogP contribution >= 0.6 is 0 Å². The van der Waals surface area contributed by atoms with Crippen molar-refractivity contribution in [3.63, 3.8) is 0 Å². The van der Waals surface area contributed by atoms with E-state index in [0.29, 0.717) is 6.54 Å².